The standard InChI is InChI=1S/C17H27N3O/c1-3-21-16-9-5-4-8-15(16)13-20-17(18-2)19-12-6-7-14-10-11-14/h4-5,8-9,14H,3,6-7,10-13H2,1-2H3,(H2,18,19,20). The van der Waals surface area contributed by atoms with Crippen LogP contribution in [0.5, 0.6) is 5.75 Å². The number of para-hydroxylation sites is 1. The minimum Gasteiger partial charge on any atom is -0.494 e. The summed E-state index contributed by atoms with van der Waals surface area (Å²) in [6, 6.07) is 8.12. The van der Waals surface area contributed by atoms with Gasteiger partial charge in [0.15, 0.2) is 5.96 Å². The van der Waals surface area contributed by atoms with E-state index in [0.29, 0.717) is 6.61 Å². The molecular weight excluding hydrogens is 262 g/mol. The minimum absolute atomic E-state index is 0.686. The van der Waals surface area contributed by atoms with Crippen molar-refractivity contribution < 1.29 is 4.74 Å². The number of nitrogens with zero attached hydrogens (tertiary/aromatic N) is 1. The molecule has 4 heteroatoms. The van der Waals surface area contributed by atoms with Crippen LogP contribution >= 0.6 is 0 Å². The molecule has 0 aliphatic heterocycles. The fourth-order valence-electron chi connectivity index (χ4n) is 2.35. The van der Waals surface area contributed by atoms with E-state index >= 15 is 0 Å². The summed E-state index contributed by atoms with van der Waals surface area (Å²) in [5.41, 5.74) is 1.15. The van der Waals surface area contributed by atoms with Crippen molar-refractivity contribution in [1.29, 1.82) is 0 Å². The van der Waals surface area contributed by atoms with E-state index in [1.807, 2.05) is 32.2 Å². The zero-order valence-corrected chi connectivity index (χ0v) is 13.2. The van der Waals surface area contributed by atoms with Crippen LogP contribution in [0.15, 0.2) is 29.3 Å². The molecule has 1 aliphatic carbocycles. The number of nitrogens with one attached hydrogen (secondary N) is 2. The number of benzene rings is 1. The Morgan fingerprint density at radius 3 is 2.81 bits per heavy atom. The SMILES string of the molecule is CCOc1ccccc1CNC(=NC)NCCCC1CC1. The van der Waals surface area contributed by atoms with E-state index in [4.69, 9.17) is 4.74 Å². The second-order valence-electron chi connectivity index (χ2n) is 5.48. The molecule has 1 saturated carbocycles. The molecule has 1 aliphatic rings. The summed E-state index contributed by atoms with van der Waals surface area (Å²) in [7, 11) is 1.81. The maximum absolute atomic E-state index is 5.63. The van der Waals surface area contributed by atoms with E-state index in [9.17, 15) is 0 Å². The van der Waals surface area contributed by atoms with E-state index in [1.54, 1.807) is 0 Å². The monoisotopic (exact) mass is 289 g/mol. The van der Waals surface area contributed by atoms with Crippen molar-refractivity contribution in [3.63, 3.8) is 0 Å². The predicted octanol–water partition coefficient (Wildman–Crippen LogP) is 2.94. The van der Waals surface area contributed by atoms with Crippen molar-refractivity contribution in [3.05, 3.63) is 29.8 Å². The fourth-order valence-corrected chi connectivity index (χ4v) is 2.35. The van der Waals surface area contributed by atoms with Gasteiger partial charge in [-0.2, -0.15) is 0 Å². The van der Waals surface area contributed by atoms with Crippen LogP contribution in [0.2, 0.25) is 0 Å². The zero-order valence-electron chi connectivity index (χ0n) is 13.2. The first kappa shape index (κ1) is 15.7. The quantitative estimate of drug-likeness (QED) is 0.439. The summed E-state index contributed by atoms with van der Waals surface area (Å²) in [4.78, 5) is 4.26. The Bertz CT molecular complexity index is 455. The van der Waals surface area contributed by atoms with Crippen molar-refractivity contribution >= 4 is 5.96 Å². The molecular formula is C17H27N3O. The number of hydrogen-bond acceptors (Lipinski definition) is 2. The molecule has 4 nitrogen and oxygen atoms in total. The van der Waals surface area contributed by atoms with Crippen LogP contribution in [0.1, 0.15) is 38.2 Å². The molecule has 1 aromatic rings. The summed E-state index contributed by atoms with van der Waals surface area (Å²) in [6.45, 7) is 4.40. The third-order valence-electron chi connectivity index (χ3n) is 3.72. The number of rotatable bonds is 8. The van der Waals surface area contributed by atoms with Crippen LogP contribution in [0.25, 0.3) is 0 Å². The van der Waals surface area contributed by atoms with Gasteiger partial charge in [-0.25, -0.2) is 0 Å². The summed E-state index contributed by atoms with van der Waals surface area (Å²) >= 11 is 0. The van der Waals surface area contributed by atoms with Crippen LogP contribution in [0.3, 0.4) is 0 Å². The predicted molar refractivity (Wildman–Crippen MR) is 87.8 cm³/mol. The lowest BCUT2D eigenvalue weighted by molar-refractivity contribution is 0.336. The van der Waals surface area contributed by atoms with Gasteiger partial charge in [0, 0.05) is 25.7 Å². The Hall–Kier alpha value is -1.71. The van der Waals surface area contributed by atoms with E-state index in [2.05, 4.69) is 21.7 Å². The first-order chi connectivity index (χ1) is 10.3. The van der Waals surface area contributed by atoms with Crippen molar-refractivity contribution in [3.8, 4) is 5.75 Å². The third-order valence-corrected chi connectivity index (χ3v) is 3.72. The summed E-state index contributed by atoms with van der Waals surface area (Å²) < 4.78 is 5.63. The summed E-state index contributed by atoms with van der Waals surface area (Å²) in [6.07, 6.45) is 5.43. The second-order valence-corrected chi connectivity index (χ2v) is 5.48. The molecule has 2 N–H and O–H groups in total. The van der Waals surface area contributed by atoms with Gasteiger partial charge in [-0.15, -0.1) is 0 Å². The van der Waals surface area contributed by atoms with E-state index in [-0.39, 0.29) is 0 Å². The molecule has 0 heterocycles. The van der Waals surface area contributed by atoms with Gasteiger partial charge in [-0.1, -0.05) is 31.0 Å². The smallest absolute Gasteiger partial charge is 0.191 e. The molecule has 0 unspecified atom stereocenters. The Morgan fingerprint density at radius 2 is 2.10 bits per heavy atom. The van der Waals surface area contributed by atoms with Gasteiger partial charge in [0.1, 0.15) is 5.75 Å². The Balaban J connectivity index is 1.74. The van der Waals surface area contributed by atoms with Crippen LogP contribution in [-0.4, -0.2) is 26.2 Å². The maximum Gasteiger partial charge on any atom is 0.191 e. The number of aliphatic imine (C=N–C) groups is 1. The zero-order chi connectivity index (χ0) is 14.9. The molecule has 1 aromatic carbocycles. The largest absolute Gasteiger partial charge is 0.494 e. The molecule has 2 rings (SSSR count). The maximum atomic E-state index is 5.63. The highest BCUT2D eigenvalue weighted by molar-refractivity contribution is 5.79. The van der Waals surface area contributed by atoms with E-state index < -0.39 is 0 Å². The minimum atomic E-state index is 0.686. The van der Waals surface area contributed by atoms with Crippen molar-refractivity contribution in [1.82, 2.24) is 10.6 Å². The normalized spacial score (nSPS) is 14.9. The van der Waals surface area contributed by atoms with Crippen molar-refractivity contribution in [2.75, 3.05) is 20.2 Å². The Morgan fingerprint density at radius 1 is 1.29 bits per heavy atom. The van der Waals surface area contributed by atoms with Gasteiger partial charge in [-0.3, -0.25) is 4.99 Å². The first-order valence-corrected chi connectivity index (χ1v) is 7.98. The first-order valence-electron chi connectivity index (χ1n) is 7.98. The lowest BCUT2D eigenvalue weighted by Crippen LogP contribution is -2.37. The lowest BCUT2D eigenvalue weighted by atomic mass is 10.2. The Labute approximate surface area is 128 Å². The van der Waals surface area contributed by atoms with Gasteiger partial charge < -0.3 is 15.4 Å². The molecule has 0 saturated heterocycles. The lowest BCUT2D eigenvalue weighted by Gasteiger charge is -2.14. The van der Waals surface area contributed by atoms with Crippen LogP contribution < -0.4 is 15.4 Å². The van der Waals surface area contributed by atoms with Gasteiger partial charge in [-0.05, 0) is 31.7 Å². The molecule has 1 fully saturated rings. The fraction of sp³-hybridized carbons (Fsp3) is 0.588. The van der Waals surface area contributed by atoms with Gasteiger partial charge in [0.2, 0.25) is 0 Å². The van der Waals surface area contributed by atoms with Crippen LogP contribution in [0, 0.1) is 5.92 Å². The highest BCUT2D eigenvalue weighted by Crippen LogP contribution is 2.33. The molecule has 116 valence electrons. The number of ether oxygens (including phenoxy) is 1. The van der Waals surface area contributed by atoms with Gasteiger partial charge in [0.05, 0.1) is 6.61 Å². The molecule has 0 atom stereocenters. The van der Waals surface area contributed by atoms with Crippen LogP contribution in [0.4, 0.5) is 0 Å². The van der Waals surface area contributed by atoms with Crippen molar-refractivity contribution in [2.45, 2.75) is 39.2 Å². The highest BCUT2D eigenvalue weighted by atomic mass is 16.5. The molecule has 0 aromatic heterocycles. The molecule has 0 radical (unpaired) electrons. The van der Waals surface area contributed by atoms with Gasteiger partial charge in [0.25, 0.3) is 0 Å². The highest BCUT2D eigenvalue weighted by Gasteiger charge is 2.19. The number of hydrogen-bond donors (Lipinski definition) is 2. The number of guanidine groups is 1. The second kappa shape index (κ2) is 8.55. The Kier molecular flexibility index (Phi) is 6.38. The summed E-state index contributed by atoms with van der Waals surface area (Å²) in [5.74, 6) is 2.80. The van der Waals surface area contributed by atoms with E-state index in [0.717, 1.165) is 36.3 Å². The topological polar surface area (TPSA) is 45.6 Å². The van der Waals surface area contributed by atoms with Crippen LogP contribution in [-0.2, 0) is 6.54 Å². The van der Waals surface area contributed by atoms with Gasteiger partial charge >= 0.3 is 0 Å². The molecule has 21 heavy (non-hydrogen) atoms. The molecule has 0 spiro atoms. The molecule has 0 bridgehead atoms. The average Bonchev–Trinajstić information content (AvgIpc) is 3.32. The summed E-state index contributed by atoms with van der Waals surface area (Å²) in [5, 5.41) is 6.72. The van der Waals surface area contributed by atoms with E-state index in [1.165, 1.54) is 25.7 Å². The molecule has 0 amide bonds. The third kappa shape index (κ3) is 5.66. The van der Waals surface area contributed by atoms with Crippen molar-refractivity contribution in [2.24, 2.45) is 10.9 Å². The average molecular weight is 289 g/mol.